The minimum Gasteiger partial charge on any atom is -0.373 e. The first-order chi connectivity index (χ1) is 16.0. The van der Waals surface area contributed by atoms with Crippen LogP contribution in [0.2, 0.25) is 0 Å². The first-order valence-corrected chi connectivity index (χ1v) is 10.4. The molecule has 0 aliphatic rings. The summed E-state index contributed by atoms with van der Waals surface area (Å²) in [7, 11) is 0. The third-order valence-corrected chi connectivity index (χ3v) is 5.21. The van der Waals surface area contributed by atoms with Crippen LogP contribution < -0.4 is 26.8 Å². The van der Waals surface area contributed by atoms with E-state index in [0.29, 0.717) is 17.1 Å². The highest BCUT2D eigenvalue weighted by Gasteiger charge is 2.23. The molecule has 0 fully saturated rings. The summed E-state index contributed by atoms with van der Waals surface area (Å²) in [5, 5.41) is 8.92. The second kappa shape index (κ2) is 9.32. The Labute approximate surface area is 190 Å². The van der Waals surface area contributed by atoms with Gasteiger partial charge in [0, 0.05) is 29.2 Å². The number of nitrogens with one attached hydrogen (secondary N) is 3. The Hall–Kier alpha value is -4.52. The predicted molar refractivity (Wildman–Crippen MR) is 132 cm³/mol. The van der Waals surface area contributed by atoms with Crippen molar-refractivity contribution in [1.82, 2.24) is 4.98 Å². The number of benzene rings is 2. The largest absolute Gasteiger partial charge is 0.373 e. The van der Waals surface area contributed by atoms with Gasteiger partial charge in [-0.1, -0.05) is 49.0 Å². The van der Waals surface area contributed by atoms with Gasteiger partial charge in [-0.05, 0) is 42.8 Å². The molecule has 7 nitrogen and oxygen atoms in total. The molecule has 1 aromatic heterocycles. The summed E-state index contributed by atoms with van der Waals surface area (Å²) in [6, 6.07) is 20.2. The lowest BCUT2D eigenvalue weighted by Gasteiger charge is -2.20. The number of anilines is 4. The number of nitrogens with zero attached hydrogens (tertiary/aromatic N) is 1. The Balaban J connectivity index is 1.56. The molecule has 0 spiro atoms. The Bertz CT molecular complexity index is 1390. The smallest absolute Gasteiger partial charge is 0.253 e. The fourth-order valence-corrected chi connectivity index (χ4v) is 3.45. The van der Waals surface area contributed by atoms with E-state index in [0.717, 1.165) is 11.1 Å². The first kappa shape index (κ1) is 21.7. The molecule has 0 bridgehead atoms. The Kier molecular flexibility index (Phi) is 6.13. The molecule has 4 rings (SSSR count). The molecule has 3 N–H and O–H groups in total. The van der Waals surface area contributed by atoms with Crippen LogP contribution in [0.15, 0.2) is 95.2 Å². The van der Waals surface area contributed by atoms with Gasteiger partial charge in [-0.2, -0.15) is 0 Å². The molecule has 1 heterocycles. The van der Waals surface area contributed by atoms with Crippen molar-refractivity contribution in [2.75, 3.05) is 16.0 Å². The lowest BCUT2D eigenvalue weighted by Crippen LogP contribution is -2.37. The zero-order valence-electron chi connectivity index (χ0n) is 18.0. The van der Waals surface area contributed by atoms with Crippen LogP contribution in [-0.4, -0.2) is 10.9 Å². The topological polar surface area (TPSA) is 100 Å². The van der Waals surface area contributed by atoms with Crippen LogP contribution in [0.25, 0.3) is 11.3 Å². The van der Waals surface area contributed by atoms with Crippen LogP contribution in [0.5, 0.6) is 0 Å². The second-order valence-electron chi connectivity index (χ2n) is 7.51. The number of carbonyl (C=O) groups is 1. The van der Waals surface area contributed by atoms with Gasteiger partial charge in [0.25, 0.3) is 10.9 Å². The summed E-state index contributed by atoms with van der Waals surface area (Å²) in [5.74, 6) is -0.305. The minimum atomic E-state index is -0.565. The van der Waals surface area contributed by atoms with Crippen molar-refractivity contribution in [3.63, 3.8) is 0 Å². The molecular formula is C26H22N4O3. The molecule has 7 heteroatoms. The van der Waals surface area contributed by atoms with Crippen LogP contribution in [0.4, 0.5) is 22.7 Å². The summed E-state index contributed by atoms with van der Waals surface area (Å²) in [6.07, 6.45) is 2.81. The van der Waals surface area contributed by atoms with Gasteiger partial charge in [0.2, 0.25) is 5.91 Å². The number of hydrogen-bond acceptors (Lipinski definition) is 6. The number of hydrogen-bond donors (Lipinski definition) is 3. The van der Waals surface area contributed by atoms with E-state index >= 15 is 0 Å². The number of rotatable bonds is 8. The van der Waals surface area contributed by atoms with Crippen molar-refractivity contribution in [2.24, 2.45) is 0 Å². The fourth-order valence-electron chi connectivity index (χ4n) is 3.45. The maximum atomic E-state index is 12.3. The summed E-state index contributed by atoms with van der Waals surface area (Å²) in [5.41, 5.74) is 3.04. The van der Waals surface area contributed by atoms with Crippen molar-refractivity contribution in [1.29, 1.82) is 0 Å². The van der Waals surface area contributed by atoms with Crippen molar-refractivity contribution < 1.29 is 4.79 Å². The molecule has 0 aliphatic heterocycles. The Morgan fingerprint density at radius 2 is 1.70 bits per heavy atom. The van der Waals surface area contributed by atoms with Gasteiger partial charge in [-0.25, -0.2) is 0 Å². The fraction of sp³-hybridized carbons (Fsp3) is 0.0769. The van der Waals surface area contributed by atoms with E-state index in [9.17, 15) is 14.4 Å². The molecule has 1 amide bonds. The lowest BCUT2D eigenvalue weighted by atomic mass is 10.1. The van der Waals surface area contributed by atoms with E-state index in [2.05, 4.69) is 27.5 Å². The summed E-state index contributed by atoms with van der Waals surface area (Å²) >= 11 is 0. The van der Waals surface area contributed by atoms with Crippen molar-refractivity contribution in [2.45, 2.75) is 13.0 Å². The predicted octanol–water partition coefficient (Wildman–Crippen LogP) is 4.39. The molecule has 0 saturated heterocycles. The van der Waals surface area contributed by atoms with E-state index in [1.807, 2.05) is 43.3 Å². The maximum absolute atomic E-state index is 12.3. The zero-order chi connectivity index (χ0) is 23.4. The quantitative estimate of drug-likeness (QED) is 0.279. The first-order valence-electron chi connectivity index (χ1n) is 10.4. The zero-order valence-corrected chi connectivity index (χ0v) is 18.0. The second-order valence-corrected chi connectivity index (χ2v) is 7.51. The molecule has 0 aliphatic carbocycles. The highest BCUT2D eigenvalue weighted by Crippen LogP contribution is 2.28. The average molecular weight is 438 g/mol. The van der Waals surface area contributed by atoms with E-state index < -0.39 is 10.9 Å². The molecule has 1 unspecified atom stereocenters. The van der Waals surface area contributed by atoms with E-state index in [-0.39, 0.29) is 23.3 Å². The van der Waals surface area contributed by atoms with Crippen LogP contribution in [0.3, 0.4) is 0 Å². The molecule has 3 aromatic carbocycles. The molecular weight excluding hydrogens is 416 g/mol. The molecule has 1 atom stereocenters. The monoisotopic (exact) mass is 438 g/mol. The van der Waals surface area contributed by atoms with Gasteiger partial charge in [0.1, 0.15) is 11.4 Å². The Morgan fingerprint density at radius 1 is 0.939 bits per heavy atom. The lowest BCUT2D eigenvalue weighted by molar-refractivity contribution is -0.111. The average Bonchev–Trinajstić information content (AvgIpc) is 2.86. The molecule has 0 saturated carbocycles. The minimum absolute atomic E-state index is 0.142. The van der Waals surface area contributed by atoms with Gasteiger partial charge in [0.15, 0.2) is 0 Å². The normalized spacial score (nSPS) is 11.5. The molecule has 33 heavy (non-hydrogen) atoms. The van der Waals surface area contributed by atoms with E-state index in [1.54, 1.807) is 36.5 Å². The highest BCUT2D eigenvalue weighted by molar-refractivity contribution is 5.99. The van der Waals surface area contributed by atoms with Crippen LogP contribution >= 0.6 is 0 Å². The molecule has 164 valence electrons. The van der Waals surface area contributed by atoms with E-state index in [4.69, 9.17) is 0 Å². The van der Waals surface area contributed by atoms with Crippen LogP contribution in [-0.2, 0) is 4.79 Å². The SMILES string of the molecule is C=CC(=O)Nc1cccc(-c2cc(Nc3c(NC(C)c4ccccc4)c(=O)c3=O)ccn2)c1. The van der Waals surface area contributed by atoms with Crippen LogP contribution in [0, 0.1) is 0 Å². The third-order valence-electron chi connectivity index (χ3n) is 5.21. The van der Waals surface area contributed by atoms with Gasteiger partial charge < -0.3 is 16.0 Å². The van der Waals surface area contributed by atoms with Crippen molar-refractivity contribution in [3.05, 3.63) is 112 Å². The summed E-state index contributed by atoms with van der Waals surface area (Å²) in [4.78, 5) is 40.4. The standard InChI is InChI=1S/C26H22N4O3/c1-3-22(31)29-19-11-7-10-18(14-19)21-15-20(12-13-27-21)30-24-23(25(32)26(24)33)28-16(2)17-8-5-4-6-9-17/h3-16,28H,1H2,2H3,(H,27,30)(H,29,31). The summed E-state index contributed by atoms with van der Waals surface area (Å²) in [6.45, 7) is 5.38. The molecule has 0 radical (unpaired) electrons. The Morgan fingerprint density at radius 3 is 2.45 bits per heavy atom. The van der Waals surface area contributed by atoms with Gasteiger partial charge >= 0.3 is 0 Å². The summed E-state index contributed by atoms with van der Waals surface area (Å²) < 4.78 is 0. The van der Waals surface area contributed by atoms with Crippen molar-refractivity contribution >= 4 is 28.7 Å². The third kappa shape index (κ3) is 4.72. The molecule has 4 aromatic rings. The van der Waals surface area contributed by atoms with Gasteiger partial charge in [-0.15, -0.1) is 0 Å². The number of aromatic nitrogens is 1. The highest BCUT2D eigenvalue weighted by atomic mass is 16.2. The van der Waals surface area contributed by atoms with Crippen LogP contribution in [0.1, 0.15) is 18.5 Å². The number of amides is 1. The van der Waals surface area contributed by atoms with E-state index in [1.165, 1.54) is 6.08 Å². The number of carbonyl (C=O) groups excluding carboxylic acids is 1. The maximum Gasteiger partial charge on any atom is 0.253 e. The number of pyridine rings is 1. The van der Waals surface area contributed by atoms with Gasteiger partial charge in [-0.3, -0.25) is 19.4 Å². The van der Waals surface area contributed by atoms with Crippen molar-refractivity contribution in [3.8, 4) is 11.3 Å². The van der Waals surface area contributed by atoms with Gasteiger partial charge in [0.05, 0.1) is 5.69 Å².